The van der Waals surface area contributed by atoms with Crippen LogP contribution in [0.3, 0.4) is 0 Å². The third-order valence-electron chi connectivity index (χ3n) is 5.05. The molecular formula is C21H21N5O3. The number of aromatic hydroxyl groups is 2. The van der Waals surface area contributed by atoms with Gasteiger partial charge in [0.05, 0.1) is 11.3 Å². The fourth-order valence-corrected chi connectivity index (χ4v) is 3.45. The van der Waals surface area contributed by atoms with E-state index in [-0.39, 0.29) is 22.9 Å². The summed E-state index contributed by atoms with van der Waals surface area (Å²) in [6, 6.07) is 12.6. The van der Waals surface area contributed by atoms with Crippen LogP contribution < -0.4 is 5.56 Å². The lowest BCUT2D eigenvalue weighted by molar-refractivity contribution is 0.403. The maximum atomic E-state index is 13.3. The first-order valence-corrected chi connectivity index (χ1v) is 9.37. The first-order valence-electron chi connectivity index (χ1n) is 9.37. The van der Waals surface area contributed by atoms with Crippen LogP contribution in [-0.2, 0) is 13.0 Å². The molecule has 8 heteroatoms. The van der Waals surface area contributed by atoms with Crippen LogP contribution in [0.15, 0.2) is 47.3 Å². The number of nitrogens with zero attached hydrogens (tertiary/aromatic N) is 4. The Bertz CT molecular complexity index is 1180. The average molecular weight is 391 g/mol. The molecule has 1 aliphatic heterocycles. The Labute approximate surface area is 166 Å². The fourth-order valence-electron chi connectivity index (χ4n) is 3.45. The highest BCUT2D eigenvalue weighted by molar-refractivity contribution is 5.81. The van der Waals surface area contributed by atoms with Gasteiger partial charge in [0.15, 0.2) is 11.5 Å². The van der Waals surface area contributed by atoms with Gasteiger partial charge in [-0.1, -0.05) is 32.0 Å². The summed E-state index contributed by atoms with van der Waals surface area (Å²) < 4.78 is 1.69. The van der Waals surface area contributed by atoms with Crippen molar-refractivity contribution in [3.63, 3.8) is 0 Å². The zero-order valence-electron chi connectivity index (χ0n) is 16.1. The van der Waals surface area contributed by atoms with E-state index in [4.69, 9.17) is 0 Å². The number of fused-ring (bicyclic) bond motifs is 1. The van der Waals surface area contributed by atoms with Gasteiger partial charge in [0.2, 0.25) is 5.82 Å². The van der Waals surface area contributed by atoms with E-state index < -0.39 is 0 Å². The quantitative estimate of drug-likeness (QED) is 0.450. The zero-order valence-corrected chi connectivity index (χ0v) is 16.1. The number of hydrogen-bond acceptors (Lipinski definition) is 6. The zero-order chi connectivity index (χ0) is 20.5. The molecule has 1 aromatic heterocycles. The number of phenolic OH excluding ortho intramolecular Hbond substituents is 2. The molecule has 4 rings (SSSR count). The molecule has 0 amide bonds. The van der Waals surface area contributed by atoms with Gasteiger partial charge in [0.1, 0.15) is 0 Å². The van der Waals surface area contributed by atoms with E-state index in [2.05, 4.69) is 34.5 Å². The van der Waals surface area contributed by atoms with E-state index in [1.54, 1.807) is 10.6 Å². The van der Waals surface area contributed by atoms with Crippen molar-refractivity contribution >= 4 is 0 Å². The van der Waals surface area contributed by atoms with Crippen LogP contribution in [0.4, 0.5) is 0 Å². The standard InChI is InChI=1S/C21H21N5O3/c1-12(2)14-4-3-5-16-15(11-14)19(20-22-24-25-23-20)21(29)26(16)9-8-13-6-7-17(27)18(28)10-13/h3-7,10-12,27-28H,8-9H2,1-2H3,(H,22,23,24,25). The van der Waals surface area contributed by atoms with Gasteiger partial charge in [-0.05, 0) is 52.9 Å². The molecule has 1 aromatic carbocycles. The predicted octanol–water partition coefficient (Wildman–Crippen LogP) is 2.91. The summed E-state index contributed by atoms with van der Waals surface area (Å²) >= 11 is 0. The van der Waals surface area contributed by atoms with Crippen LogP contribution in [-0.4, -0.2) is 35.4 Å². The molecule has 0 saturated heterocycles. The number of hydrogen-bond donors (Lipinski definition) is 3. The van der Waals surface area contributed by atoms with E-state index >= 15 is 0 Å². The van der Waals surface area contributed by atoms with Crippen molar-refractivity contribution < 1.29 is 10.2 Å². The van der Waals surface area contributed by atoms with E-state index in [1.165, 1.54) is 12.1 Å². The monoisotopic (exact) mass is 391 g/mol. The molecule has 3 N–H and O–H groups in total. The van der Waals surface area contributed by atoms with Crippen molar-refractivity contribution in [2.24, 2.45) is 0 Å². The molecular weight excluding hydrogens is 370 g/mol. The van der Waals surface area contributed by atoms with Crippen LogP contribution in [0, 0.1) is 0 Å². The molecule has 2 heterocycles. The van der Waals surface area contributed by atoms with Crippen molar-refractivity contribution in [3.8, 4) is 34.1 Å². The first-order chi connectivity index (χ1) is 14.0. The Hall–Kier alpha value is -3.68. The van der Waals surface area contributed by atoms with Gasteiger partial charge in [0, 0.05) is 12.1 Å². The molecule has 0 radical (unpaired) electrons. The molecule has 148 valence electrons. The lowest BCUT2D eigenvalue weighted by Crippen LogP contribution is -2.18. The highest BCUT2D eigenvalue weighted by Crippen LogP contribution is 2.32. The molecule has 0 saturated carbocycles. The number of H-pyrrole nitrogens is 1. The van der Waals surface area contributed by atoms with Gasteiger partial charge in [0.25, 0.3) is 5.56 Å². The van der Waals surface area contributed by atoms with E-state index in [0.29, 0.717) is 24.4 Å². The van der Waals surface area contributed by atoms with Crippen molar-refractivity contribution in [1.82, 2.24) is 25.2 Å². The molecule has 8 nitrogen and oxygen atoms in total. The minimum Gasteiger partial charge on any atom is -0.504 e. The second kappa shape index (κ2) is 7.38. The maximum Gasteiger partial charge on any atom is 0.262 e. The minimum atomic E-state index is -0.190. The summed E-state index contributed by atoms with van der Waals surface area (Å²) in [6.07, 6.45) is 0.508. The number of phenols is 2. The lowest BCUT2D eigenvalue weighted by atomic mass is 10.0. The van der Waals surface area contributed by atoms with Gasteiger partial charge in [-0.25, -0.2) is 0 Å². The van der Waals surface area contributed by atoms with Crippen molar-refractivity contribution in [1.29, 1.82) is 0 Å². The highest BCUT2D eigenvalue weighted by Gasteiger charge is 2.24. The Morgan fingerprint density at radius 3 is 2.62 bits per heavy atom. The fraction of sp³-hybridized carbons (Fsp3) is 0.238. The minimum absolute atomic E-state index is 0.169. The summed E-state index contributed by atoms with van der Waals surface area (Å²) in [7, 11) is 0. The third kappa shape index (κ3) is 3.44. The normalized spacial score (nSPS) is 11.4. The number of rotatable bonds is 5. The number of aromatic nitrogens is 5. The Kier molecular flexibility index (Phi) is 4.75. The molecule has 0 fully saturated rings. The molecule has 2 aliphatic rings. The molecule has 0 spiro atoms. The Morgan fingerprint density at radius 1 is 1.10 bits per heavy atom. The molecule has 0 atom stereocenters. The van der Waals surface area contributed by atoms with Crippen LogP contribution in [0.2, 0.25) is 0 Å². The molecule has 0 bridgehead atoms. The largest absolute Gasteiger partial charge is 0.504 e. The van der Waals surface area contributed by atoms with Crippen LogP contribution >= 0.6 is 0 Å². The van der Waals surface area contributed by atoms with Crippen molar-refractivity contribution in [2.75, 3.05) is 0 Å². The van der Waals surface area contributed by atoms with Gasteiger partial charge >= 0.3 is 0 Å². The topological polar surface area (TPSA) is 117 Å². The highest BCUT2D eigenvalue weighted by atomic mass is 16.3. The number of aromatic amines is 1. The summed E-state index contributed by atoms with van der Waals surface area (Å²) in [5.41, 5.74) is 3.70. The van der Waals surface area contributed by atoms with Crippen molar-refractivity contribution in [2.45, 2.75) is 32.7 Å². The number of aryl methyl sites for hydroxylation is 1. The van der Waals surface area contributed by atoms with Crippen LogP contribution in [0.1, 0.15) is 30.9 Å². The Balaban J connectivity index is 1.81. The van der Waals surface area contributed by atoms with Gasteiger partial charge in [-0.3, -0.25) is 4.79 Å². The van der Waals surface area contributed by atoms with Crippen LogP contribution in [0.25, 0.3) is 22.6 Å². The molecule has 1 aliphatic carbocycles. The van der Waals surface area contributed by atoms with Crippen molar-refractivity contribution in [3.05, 3.63) is 63.9 Å². The molecule has 2 aromatic rings. The summed E-state index contributed by atoms with van der Waals surface area (Å²) in [5.74, 6) is 0.212. The maximum absolute atomic E-state index is 13.3. The van der Waals surface area contributed by atoms with E-state index in [0.717, 1.165) is 22.4 Å². The summed E-state index contributed by atoms with van der Waals surface area (Å²) in [5, 5.41) is 33.3. The predicted molar refractivity (Wildman–Crippen MR) is 108 cm³/mol. The number of nitrogens with one attached hydrogen (secondary N) is 1. The van der Waals surface area contributed by atoms with E-state index in [9.17, 15) is 15.0 Å². The average Bonchev–Trinajstić information content (AvgIpc) is 3.22. The second-order valence-corrected chi connectivity index (χ2v) is 7.26. The van der Waals surface area contributed by atoms with Crippen LogP contribution in [0.5, 0.6) is 11.5 Å². The molecule has 29 heavy (non-hydrogen) atoms. The first kappa shape index (κ1) is 18.7. The van der Waals surface area contributed by atoms with Gasteiger partial charge in [-0.15, -0.1) is 10.2 Å². The lowest BCUT2D eigenvalue weighted by Gasteiger charge is -2.07. The third-order valence-corrected chi connectivity index (χ3v) is 5.05. The number of benzene rings is 1. The Morgan fingerprint density at radius 2 is 1.93 bits per heavy atom. The number of tetrazole rings is 1. The van der Waals surface area contributed by atoms with Gasteiger partial charge < -0.3 is 14.8 Å². The second-order valence-electron chi connectivity index (χ2n) is 7.26. The SMILES string of the molecule is CC(C)c1cccc2n(CCc3ccc(O)c(O)c3)c(=O)c(-c3nn[nH]n3)c-2c1. The summed E-state index contributed by atoms with van der Waals surface area (Å²) in [6.45, 7) is 4.60. The smallest absolute Gasteiger partial charge is 0.262 e. The van der Waals surface area contributed by atoms with E-state index in [1.807, 2.05) is 24.3 Å². The summed E-state index contributed by atoms with van der Waals surface area (Å²) in [4.78, 5) is 13.3. The van der Waals surface area contributed by atoms with Gasteiger partial charge in [-0.2, -0.15) is 5.21 Å². The molecule has 0 unspecified atom stereocenters.